The van der Waals surface area contributed by atoms with E-state index in [2.05, 4.69) is 5.32 Å². The molecule has 1 N–H and O–H groups in total. The highest BCUT2D eigenvalue weighted by Crippen LogP contribution is 2.37. The molecule has 4 aromatic rings. The third-order valence-corrected chi connectivity index (χ3v) is 5.18. The number of furan rings is 1. The van der Waals surface area contributed by atoms with Crippen LogP contribution in [-0.2, 0) is 11.2 Å². The Morgan fingerprint density at radius 1 is 1.11 bits per heavy atom. The summed E-state index contributed by atoms with van der Waals surface area (Å²) in [5.74, 6) is 0.997. The minimum atomic E-state index is -0.621. The van der Waals surface area contributed by atoms with E-state index < -0.39 is 6.10 Å². The lowest BCUT2D eigenvalue weighted by Crippen LogP contribution is -2.31. The number of anilines is 1. The number of methoxy groups -OCH3 is 1. The number of amides is 1. The fraction of sp³-hybridized carbons (Fsp3) is 0.136. The van der Waals surface area contributed by atoms with Crippen LogP contribution in [0.2, 0.25) is 5.02 Å². The molecule has 5 nitrogen and oxygen atoms in total. The molecule has 3 aromatic carbocycles. The highest BCUT2D eigenvalue weighted by molar-refractivity contribution is 6.30. The fourth-order valence-electron chi connectivity index (χ4n) is 3.59. The highest BCUT2D eigenvalue weighted by atomic mass is 35.5. The van der Waals surface area contributed by atoms with Gasteiger partial charge in [-0.25, -0.2) is 0 Å². The molecule has 1 atom stereocenters. The molecule has 140 valence electrons. The summed E-state index contributed by atoms with van der Waals surface area (Å²) in [5, 5.41) is 5.47. The van der Waals surface area contributed by atoms with Gasteiger partial charge >= 0.3 is 0 Å². The monoisotopic (exact) mass is 393 g/mol. The van der Waals surface area contributed by atoms with E-state index in [4.69, 9.17) is 25.5 Å². The molecule has 1 aromatic heterocycles. The maximum atomic E-state index is 12.8. The van der Waals surface area contributed by atoms with Crippen molar-refractivity contribution < 1.29 is 18.7 Å². The molecule has 0 spiro atoms. The van der Waals surface area contributed by atoms with Gasteiger partial charge in [-0.15, -0.1) is 0 Å². The third kappa shape index (κ3) is 2.75. The van der Waals surface area contributed by atoms with Crippen LogP contribution in [0.5, 0.6) is 11.5 Å². The van der Waals surface area contributed by atoms with Crippen LogP contribution in [0, 0.1) is 0 Å². The van der Waals surface area contributed by atoms with Gasteiger partial charge in [0.2, 0.25) is 0 Å². The number of benzene rings is 3. The van der Waals surface area contributed by atoms with Crippen LogP contribution in [-0.4, -0.2) is 19.1 Å². The van der Waals surface area contributed by atoms with Crippen molar-refractivity contribution in [1.29, 1.82) is 0 Å². The minimum absolute atomic E-state index is 0.249. The van der Waals surface area contributed by atoms with Gasteiger partial charge in [0.1, 0.15) is 22.7 Å². The zero-order chi connectivity index (χ0) is 19.3. The molecular weight excluding hydrogens is 378 g/mol. The van der Waals surface area contributed by atoms with E-state index in [9.17, 15) is 4.79 Å². The first-order chi connectivity index (χ1) is 13.6. The fourth-order valence-corrected chi connectivity index (χ4v) is 3.79. The molecule has 2 heterocycles. The lowest BCUT2D eigenvalue weighted by Gasteiger charge is -2.14. The SMILES string of the molecule is COc1cc2c(cc1NC(=O)C1Cc3cc(Cl)ccc3O1)oc1ccccc12. The molecule has 28 heavy (non-hydrogen) atoms. The molecule has 1 aliphatic rings. The Balaban J connectivity index is 1.46. The first kappa shape index (κ1) is 17.0. The van der Waals surface area contributed by atoms with Crippen LogP contribution in [0.3, 0.4) is 0 Å². The summed E-state index contributed by atoms with van der Waals surface area (Å²) < 4.78 is 17.2. The Hall–Kier alpha value is -3.18. The summed E-state index contributed by atoms with van der Waals surface area (Å²) in [6.45, 7) is 0. The first-order valence-electron chi connectivity index (χ1n) is 8.87. The van der Waals surface area contributed by atoms with Crippen molar-refractivity contribution in [3.63, 3.8) is 0 Å². The summed E-state index contributed by atoms with van der Waals surface area (Å²) >= 11 is 6.03. The van der Waals surface area contributed by atoms with E-state index >= 15 is 0 Å². The van der Waals surface area contributed by atoms with Crippen LogP contribution >= 0.6 is 11.6 Å². The minimum Gasteiger partial charge on any atom is -0.495 e. The van der Waals surface area contributed by atoms with Gasteiger partial charge in [0, 0.05) is 28.3 Å². The van der Waals surface area contributed by atoms with Gasteiger partial charge in [0.25, 0.3) is 5.91 Å². The van der Waals surface area contributed by atoms with Gasteiger partial charge in [-0.2, -0.15) is 0 Å². The van der Waals surface area contributed by atoms with E-state index in [-0.39, 0.29) is 5.91 Å². The van der Waals surface area contributed by atoms with Gasteiger partial charge in [0.15, 0.2) is 6.10 Å². The van der Waals surface area contributed by atoms with E-state index in [1.54, 1.807) is 25.3 Å². The largest absolute Gasteiger partial charge is 0.495 e. The summed E-state index contributed by atoms with van der Waals surface area (Å²) in [6.07, 6.45) is -0.152. The zero-order valence-corrected chi connectivity index (χ0v) is 15.7. The number of ether oxygens (including phenoxy) is 2. The van der Waals surface area contributed by atoms with Gasteiger partial charge in [0.05, 0.1) is 12.8 Å². The lowest BCUT2D eigenvalue weighted by molar-refractivity contribution is -0.122. The van der Waals surface area contributed by atoms with Crippen LogP contribution in [0.25, 0.3) is 21.9 Å². The Labute approximate surface area is 165 Å². The Morgan fingerprint density at radius 3 is 2.82 bits per heavy atom. The smallest absolute Gasteiger partial charge is 0.265 e. The number of carbonyl (C=O) groups excluding carboxylic acids is 1. The molecule has 1 aliphatic heterocycles. The maximum absolute atomic E-state index is 12.8. The number of rotatable bonds is 3. The standard InChI is InChI=1S/C22H16ClNO4/c1-26-20-10-15-14-4-2-3-5-18(14)28-19(15)11-16(20)24-22(25)21-9-12-8-13(23)6-7-17(12)27-21/h2-8,10-11,21H,9H2,1H3,(H,24,25). The maximum Gasteiger partial charge on any atom is 0.265 e. The molecule has 0 bridgehead atoms. The molecule has 0 aliphatic carbocycles. The summed E-state index contributed by atoms with van der Waals surface area (Å²) in [6, 6.07) is 16.8. The van der Waals surface area contributed by atoms with Crippen molar-refractivity contribution >= 4 is 45.1 Å². The second kappa shape index (κ2) is 6.46. The predicted octanol–water partition coefficient (Wildman–Crippen LogP) is 5.19. The van der Waals surface area contributed by atoms with E-state index in [1.165, 1.54) is 0 Å². The molecule has 0 fully saturated rings. The Kier molecular flexibility index (Phi) is 3.91. The lowest BCUT2D eigenvalue weighted by atomic mass is 10.1. The highest BCUT2D eigenvalue weighted by Gasteiger charge is 2.30. The molecule has 0 radical (unpaired) electrons. The van der Waals surface area contributed by atoms with Gasteiger partial charge in [-0.3, -0.25) is 4.79 Å². The van der Waals surface area contributed by atoms with Crippen LogP contribution in [0.15, 0.2) is 59.0 Å². The summed E-state index contributed by atoms with van der Waals surface area (Å²) in [7, 11) is 1.57. The average molecular weight is 394 g/mol. The van der Waals surface area contributed by atoms with Crippen molar-refractivity contribution in [3.05, 3.63) is 65.2 Å². The van der Waals surface area contributed by atoms with Gasteiger partial charge in [-0.05, 0) is 35.9 Å². The van der Waals surface area contributed by atoms with Crippen LogP contribution < -0.4 is 14.8 Å². The predicted molar refractivity (Wildman–Crippen MR) is 108 cm³/mol. The number of hydrogen-bond donors (Lipinski definition) is 1. The number of halogens is 1. The van der Waals surface area contributed by atoms with Crippen molar-refractivity contribution in [3.8, 4) is 11.5 Å². The molecular formula is C22H16ClNO4. The van der Waals surface area contributed by atoms with Crippen LogP contribution in [0.1, 0.15) is 5.56 Å². The molecule has 1 unspecified atom stereocenters. The molecule has 0 saturated carbocycles. The average Bonchev–Trinajstić information content (AvgIpc) is 3.27. The van der Waals surface area contributed by atoms with E-state index in [1.807, 2.05) is 36.4 Å². The van der Waals surface area contributed by atoms with Crippen molar-refractivity contribution in [1.82, 2.24) is 0 Å². The van der Waals surface area contributed by atoms with Crippen LogP contribution in [0.4, 0.5) is 5.69 Å². The Bertz CT molecular complexity index is 1230. The second-order valence-electron chi connectivity index (χ2n) is 6.70. The van der Waals surface area contributed by atoms with Gasteiger partial charge in [-0.1, -0.05) is 29.8 Å². The van der Waals surface area contributed by atoms with Crippen molar-refractivity contribution in [2.75, 3.05) is 12.4 Å². The molecule has 6 heteroatoms. The first-order valence-corrected chi connectivity index (χ1v) is 9.25. The normalized spacial score (nSPS) is 15.4. The molecule has 1 amide bonds. The second-order valence-corrected chi connectivity index (χ2v) is 7.14. The van der Waals surface area contributed by atoms with E-state index in [0.717, 1.165) is 21.9 Å². The van der Waals surface area contributed by atoms with Crippen molar-refractivity contribution in [2.24, 2.45) is 0 Å². The third-order valence-electron chi connectivity index (χ3n) is 4.95. The summed E-state index contributed by atoms with van der Waals surface area (Å²) in [4.78, 5) is 12.8. The zero-order valence-electron chi connectivity index (χ0n) is 15.0. The number of carbonyl (C=O) groups is 1. The quantitative estimate of drug-likeness (QED) is 0.520. The number of para-hydroxylation sites is 1. The molecule has 0 saturated heterocycles. The number of nitrogens with one attached hydrogen (secondary N) is 1. The number of fused-ring (bicyclic) bond motifs is 4. The summed E-state index contributed by atoms with van der Waals surface area (Å²) in [5.41, 5.74) is 2.93. The Morgan fingerprint density at radius 2 is 1.96 bits per heavy atom. The topological polar surface area (TPSA) is 60.7 Å². The molecule has 5 rings (SSSR count). The van der Waals surface area contributed by atoms with Gasteiger partial charge < -0.3 is 19.2 Å². The number of hydrogen-bond acceptors (Lipinski definition) is 4. The van der Waals surface area contributed by atoms with E-state index in [0.29, 0.717) is 34.2 Å². The van der Waals surface area contributed by atoms with Crippen molar-refractivity contribution in [2.45, 2.75) is 12.5 Å².